The zero-order chi connectivity index (χ0) is 25.4. The summed E-state index contributed by atoms with van der Waals surface area (Å²) >= 11 is 12.4. The van der Waals surface area contributed by atoms with Crippen molar-refractivity contribution in [2.45, 2.75) is 13.5 Å². The number of nitrogens with zero attached hydrogens (tertiary/aromatic N) is 2. The third-order valence-corrected chi connectivity index (χ3v) is 5.40. The molecule has 3 rings (SSSR count). The molecular formula is C25H19Cl2N3O5. The van der Waals surface area contributed by atoms with E-state index in [0.717, 1.165) is 0 Å². The molecule has 0 aliphatic carbocycles. The molecule has 0 saturated carbocycles. The van der Waals surface area contributed by atoms with Gasteiger partial charge in [0.05, 0.1) is 11.5 Å². The Hall–Kier alpha value is -4.06. The van der Waals surface area contributed by atoms with Gasteiger partial charge < -0.3 is 14.8 Å². The second-order valence-corrected chi connectivity index (χ2v) is 7.87. The van der Waals surface area contributed by atoms with Crippen molar-refractivity contribution in [1.29, 1.82) is 5.26 Å². The number of hydrogen-bond donors (Lipinski definition) is 1. The number of nitro groups is 1. The monoisotopic (exact) mass is 511 g/mol. The lowest BCUT2D eigenvalue weighted by Crippen LogP contribution is -2.13. The maximum Gasteiger partial charge on any atom is 0.271 e. The number of hydrogen-bond acceptors (Lipinski definition) is 6. The number of benzene rings is 3. The predicted molar refractivity (Wildman–Crippen MR) is 134 cm³/mol. The second kappa shape index (κ2) is 11.9. The lowest BCUT2D eigenvalue weighted by molar-refractivity contribution is -0.384. The van der Waals surface area contributed by atoms with Gasteiger partial charge >= 0.3 is 0 Å². The molecular weight excluding hydrogens is 493 g/mol. The minimum atomic E-state index is -0.709. The van der Waals surface area contributed by atoms with Crippen LogP contribution in [0.5, 0.6) is 11.5 Å². The SMILES string of the molecule is CCOc1cc(/C=C(\C#N)C(=O)Nc2cccc([N+](=O)[O-])c2)ccc1OCc1c(Cl)cccc1Cl. The van der Waals surface area contributed by atoms with Crippen molar-refractivity contribution in [3.05, 3.63) is 97.5 Å². The molecule has 0 aromatic heterocycles. The van der Waals surface area contributed by atoms with Gasteiger partial charge in [-0.1, -0.05) is 41.4 Å². The normalized spacial score (nSPS) is 10.9. The van der Waals surface area contributed by atoms with Gasteiger partial charge in [0.2, 0.25) is 0 Å². The first kappa shape index (κ1) is 25.6. The fourth-order valence-electron chi connectivity index (χ4n) is 3.03. The van der Waals surface area contributed by atoms with Crippen LogP contribution in [0.15, 0.2) is 66.2 Å². The molecule has 1 N–H and O–H groups in total. The first-order valence-electron chi connectivity index (χ1n) is 10.3. The highest BCUT2D eigenvalue weighted by molar-refractivity contribution is 6.35. The average molecular weight is 512 g/mol. The summed E-state index contributed by atoms with van der Waals surface area (Å²) in [5.41, 5.74) is 0.965. The molecule has 35 heavy (non-hydrogen) atoms. The van der Waals surface area contributed by atoms with E-state index in [1.165, 1.54) is 30.3 Å². The highest BCUT2D eigenvalue weighted by Crippen LogP contribution is 2.32. The molecule has 1 amide bonds. The molecule has 178 valence electrons. The van der Waals surface area contributed by atoms with Crippen LogP contribution >= 0.6 is 23.2 Å². The van der Waals surface area contributed by atoms with Crippen LogP contribution in [0.2, 0.25) is 10.0 Å². The molecule has 0 heterocycles. The largest absolute Gasteiger partial charge is 0.490 e. The molecule has 0 atom stereocenters. The van der Waals surface area contributed by atoms with E-state index in [2.05, 4.69) is 5.32 Å². The van der Waals surface area contributed by atoms with Crippen LogP contribution in [0.4, 0.5) is 11.4 Å². The van der Waals surface area contributed by atoms with Gasteiger partial charge in [0, 0.05) is 33.4 Å². The number of nitrogens with one attached hydrogen (secondary N) is 1. The number of ether oxygens (including phenoxy) is 2. The fraction of sp³-hybridized carbons (Fsp3) is 0.120. The molecule has 3 aromatic rings. The van der Waals surface area contributed by atoms with E-state index in [0.29, 0.717) is 39.3 Å². The van der Waals surface area contributed by atoms with Crippen molar-refractivity contribution in [3.8, 4) is 17.6 Å². The summed E-state index contributed by atoms with van der Waals surface area (Å²) in [5.74, 6) is 0.125. The van der Waals surface area contributed by atoms with Crippen molar-refractivity contribution in [3.63, 3.8) is 0 Å². The highest BCUT2D eigenvalue weighted by atomic mass is 35.5. The molecule has 0 aliphatic heterocycles. The molecule has 3 aromatic carbocycles. The number of halogens is 2. The maximum absolute atomic E-state index is 12.6. The molecule has 0 saturated heterocycles. The van der Waals surface area contributed by atoms with Gasteiger partial charge in [-0.3, -0.25) is 14.9 Å². The van der Waals surface area contributed by atoms with Crippen molar-refractivity contribution < 1.29 is 19.2 Å². The molecule has 0 unspecified atom stereocenters. The van der Waals surface area contributed by atoms with Crippen LogP contribution < -0.4 is 14.8 Å². The quantitative estimate of drug-likeness (QED) is 0.153. The molecule has 8 nitrogen and oxygen atoms in total. The first-order valence-corrected chi connectivity index (χ1v) is 11.1. The highest BCUT2D eigenvalue weighted by Gasteiger charge is 2.14. The first-order chi connectivity index (χ1) is 16.8. The molecule has 10 heteroatoms. The Morgan fingerprint density at radius 1 is 1.09 bits per heavy atom. The van der Waals surface area contributed by atoms with E-state index in [4.69, 9.17) is 32.7 Å². The topological polar surface area (TPSA) is 114 Å². The predicted octanol–water partition coefficient (Wildman–Crippen LogP) is 6.42. The van der Waals surface area contributed by atoms with Crippen molar-refractivity contribution in [2.75, 3.05) is 11.9 Å². The van der Waals surface area contributed by atoms with Gasteiger partial charge in [-0.15, -0.1) is 0 Å². The number of nitriles is 1. The fourth-order valence-corrected chi connectivity index (χ4v) is 3.54. The minimum Gasteiger partial charge on any atom is -0.490 e. The maximum atomic E-state index is 12.6. The van der Waals surface area contributed by atoms with E-state index in [9.17, 15) is 20.2 Å². The van der Waals surface area contributed by atoms with Gasteiger partial charge in [-0.05, 0) is 48.9 Å². The Labute approximate surface area is 211 Å². The number of amides is 1. The molecule has 0 spiro atoms. The van der Waals surface area contributed by atoms with Crippen LogP contribution in [0.1, 0.15) is 18.1 Å². The number of carbonyl (C=O) groups is 1. The van der Waals surface area contributed by atoms with Gasteiger partial charge in [0.25, 0.3) is 11.6 Å². The minimum absolute atomic E-state index is 0.114. The molecule has 0 bridgehead atoms. The summed E-state index contributed by atoms with van der Waals surface area (Å²) in [7, 11) is 0. The number of anilines is 1. The summed E-state index contributed by atoms with van der Waals surface area (Å²) in [6, 6.07) is 17.4. The van der Waals surface area contributed by atoms with Gasteiger partial charge in [-0.2, -0.15) is 5.26 Å². The molecule has 0 fully saturated rings. The van der Waals surface area contributed by atoms with Gasteiger partial charge in [0.1, 0.15) is 18.2 Å². The van der Waals surface area contributed by atoms with Crippen LogP contribution in [-0.4, -0.2) is 17.4 Å². The van der Waals surface area contributed by atoms with E-state index in [1.54, 1.807) is 36.4 Å². The summed E-state index contributed by atoms with van der Waals surface area (Å²) in [6.45, 7) is 2.28. The van der Waals surface area contributed by atoms with Crippen LogP contribution in [0.3, 0.4) is 0 Å². The van der Waals surface area contributed by atoms with Crippen molar-refractivity contribution >= 4 is 46.6 Å². The second-order valence-electron chi connectivity index (χ2n) is 7.06. The summed E-state index contributed by atoms with van der Waals surface area (Å²) in [5, 5.41) is 23.9. The Morgan fingerprint density at radius 3 is 2.46 bits per heavy atom. The number of carbonyl (C=O) groups excluding carboxylic acids is 1. The van der Waals surface area contributed by atoms with E-state index < -0.39 is 10.8 Å². The lowest BCUT2D eigenvalue weighted by Gasteiger charge is -2.14. The summed E-state index contributed by atoms with van der Waals surface area (Å²) in [6.07, 6.45) is 1.38. The Balaban J connectivity index is 1.81. The van der Waals surface area contributed by atoms with Crippen molar-refractivity contribution in [2.24, 2.45) is 0 Å². The summed E-state index contributed by atoms with van der Waals surface area (Å²) in [4.78, 5) is 22.9. The molecule has 0 radical (unpaired) electrons. The zero-order valence-corrected chi connectivity index (χ0v) is 20.0. The van der Waals surface area contributed by atoms with Gasteiger partial charge in [0.15, 0.2) is 11.5 Å². The van der Waals surface area contributed by atoms with Crippen LogP contribution in [-0.2, 0) is 11.4 Å². The van der Waals surface area contributed by atoms with E-state index >= 15 is 0 Å². The van der Waals surface area contributed by atoms with Crippen molar-refractivity contribution in [1.82, 2.24) is 0 Å². The Bertz CT molecular complexity index is 1310. The number of non-ortho nitro benzene ring substituents is 1. The third-order valence-electron chi connectivity index (χ3n) is 4.69. The smallest absolute Gasteiger partial charge is 0.271 e. The van der Waals surface area contributed by atoms with Gasteiger partial charge in [-0.25, -0.2) is 0 Å². The van der Waals surface area contributed by atoms with E-state index in [-0.39, 0.29) is 23.6 Å². The standard InChI is InChI=1S/C25H19Cl2N3O5/c1-2-34-24-12-16(9-10-23(24)35-15-20-21(26)7-4-8-22(20)27)11-17(14-28)25(31)29-18-5-3-6-19(13-18)30(32)33/h3-13H,2,15H2,1H3,(H,29,31)/b17-11+. The number of rotatable bonds is 9. The summed E-state index contributed by atoms with van der Waals surface area (Å²) < 4.78 is 11.5. The molecule has 0 aliphatic rings. The van der Waals surface area contributed by atoms with Crippen LogP contribution in [0.25, 0.3) is 6.08 Å². The third kappa shape index (κ3) is 6.73. The Morgan fingerprint density at radius 2 is 1.80 bits per heavy atom. The van der Waals surface area contributed by atoms with Crippen LogP contribution in [0, 0.1) is 21.4 Å². The lowest BCUT2D eigenvalue weighted by atomic mass is 10.1. The number of nitro benzene ring substituents is 1. The Kier molecular flexibility index (Phi) is 8.68. The van der Waals surface area contributed by atoms with E-state index in [1.807, 2.05) is 13.0 Å². The zero-order valence-electron chi connectivity index (χ0n) is 18.5. The average Bonchev–Trinajstić information content (AvgIpc) is 2.83.